The van der Waals surface area contributed by atoms with Gasteiger partial charge in [0.1, 0.15) is 0 Å². The molecule has 0 spiro atoms. The predicted molar refractivity (Wildman–Crippen MR) is 76.7 cm³/mol. The average molecular weight is 279 g/mol. The molecule has 20 heavy (non-hydrogen) atoms. The summed E-state index contributed by atoms with van der Waals surface area (Å²) in [7, 11) is 1.70. The molecule has 0 atom stereocenters. The molecule has 0 aromatic rings. The first-order valence-electron chi connectivity index (χ1n) is 7.24. The third-order valence-electron chi connectivity index (χ3n) is 4.01. The Kier molecular flexibility index (Phi) is 6.00. The lowest BCUT2D eigenvalue weighted by Gasteiger charge is -2.24. The summed E-state index contributed by atoms with van der Waals surface area (Å²) in [6, 6.07) is 2.02. The zero-order chi connectivity index (χ0) is 15.2. The standard InChI is InChI=1S/C15H25N3O2/c1-15(2)7-5-14(20)18(12-8-15)11-6-13(19)17(3)10-4-9-16/h4-8,10-12H2,1-3H3. The lowest BCUT2D eigenvalue weighted by molar-refractivity contribution is -0.133. The van der Waals surface area contributed by atoms with E-state index in [1.165, 1.54) is 0 Å². The van der Waals surface area contributed by atoms with E-state index in [4.69, 9.17) is 5.26 Å². The van der Waals surface area contributed by atoms with Crippen LogP contribution in [0.4, 0.5) is 0 Å². The van der Waals surface area contributed by atoms with Crippen molar-refractivity contribution in [2.75, 3.05) is 26.7 Å². The van der Waals surface area contributed by atoms with Crippen molar-refractivity contribution in [3.63, 3.8) is 0 Å². The van der Waals surface area contributed by atoms with E-state index in [9.17, 15) is 9.59 Å². The lowest BCUT2D eigenvalue weighted by Crippen LogP contribution is -2.36. The van der Waals surface area contributed by atoms with Gasteiger partial charge in [0, 0.05) is 39.5 Å². The third kappa shape index (κ3) is 5.20. The highest BCUT2D eigenvalue weighted by Gasteiger charge is 2.27. The molecular formula is C15H25N3O2. The quantitative estimate of drug-likeness (QED) is 0.770. The van der Waals surface area contributed by atoms with Gasteiger partial charge in [-0.15, -0.1) is 0 Å². The molecule has 5 nitrogen and oxygen atoms in total. The first kappa shape index (κ1) is 16.5. The Morgan fingerprint density at radius 1 is 1.45 bits per heavy atom. The van der Waals surface area contributed by atoms with Gasteiger partial charge in [-0.3, -0.25) is 9.59 Å². The molecular weight excluding hydrogens is 254 g/mol. The van der Waals surface area contributed by atoms with Gasteiger partial charge in [-0.25, -0.2) is 0 Å². The molecule has 1 saturated heterocycles. The monoisotopic (exact) mass is 279 g/mol. The summed E-state index contributed by atoms with van der Waals surface area (Å²) in [5.74, 6) is 0.152. The number of amides is 2. The van der Waals surface area contributed by atoms with Crippen LogP contribution in [0.2, 0.25) is 0 Å². The van der Waals surface area contributed by atoms with Gasteiger partial charge in [0.15, 0.2) is 0 Å². The lowest BCUT2D eigenvalue weighted by atomic mass is 9.85. The van der Waals surface area contributed by atoms with E-state index in [0.717, 1.165) is 19.4 Å². The van der Waals surface area contributed by atoms with Crippen LogP contribution in [0.1, 0.15) is 46.0 Å². The van der Waals surface area contributed by atoms with Crippen LogP contribution in [0.25, 0.3) is 0 Å². The SMILES string of the molecule is CN(CCC#N)C(=O)CCN1CCC(C)(C)CCC1=O. The summed E-state index contributed by atoms with van der Waals surface area (Å²) < 4.78 is 0. The molecule has 0 aromatic heterocycles. The first-order chi connectivity index (χ1) is 9.35. The van der Waals surface area contributed by atoms with Gasteiger partial charge in [-0.2, -0.15) is 5.26 Å². The molecule has 1 aliphatic rings. The summed E-state index contributed by atoms with van der Waals surface area (Å²) >= 11 is 0. The number of hydrogen-bond donors (Lipinski definition) is 0. The molecule has 0 unspecified atom stereocenters. The zero-order valence-electron chi connectivity index (χ0n) is 12.8. The maximum atomic E-state index is 12.0. The molecule has 0 N–H and O–H groups in total. The fourth-order valence-electron chi connectivity index (χ4n) is 2.29. The molecule has 5 heteroatoms. The van der Waals surface area contributed by atoms with Gasteiger partial charge in [-0.1, -0.05) is 13.8 Å². The third-order valence-corrected chi connectivity index (χ3v) is 4.01. The molecule has 0 aliphatic carbocycles. The molecule has 1 aliphatic heterocycles. The normalized spacial score (nSPS) is 18.3. The highest BCUT2D eigenvalue weighted by atomic mass is 16.2. The Morgan fingerprint density at radius 2 is 2.15 bits per heavy atom. The minimum Gasteiger partial charge on any atom is -0.345 e. The second-order valence-electron chi connectivity index (χ2n) is 6.27. The molecule has 1 rings (SSSR count). The molecule has 1 fully saturated rings. The number of carbonyl (C=O) groups excluding carboxylic acids is 2. The van der Waals surface area contributed by atoms with Crippen LogP contribution in [0.15, 0.2) is 0 Å². The van der Waals surface area contributed by atoms with Crippen LogP contribution in [-0.4, -0.2) is 48.3 Å². The molecule has 112 valence electrons. The Hall–Kier alpha value is -1.57. The van der Waals surface area contributed by atoms with E-state index in [2.05, 4.69) is 13.8 Å². The van der Waals surface area contributed by atoms with E-state index in [0.29, 0.717) is 32.4 Å². The van der Waals surface area contributed by atoms with Crippen LogP contribution < -0.4 is 0 Å². The summed E-state index contributed by atoms with van der Waals surface area (Å²) in [6.07, 6.45) is 3.16. The second-order valence-corrected chi connectivity index (χ2v) is 6.27. The van der Waals surface area contributed by atoms with Gasteiger partial charge in [0.05, 0.1) is 12.5 Å². The summed E-state index contributed by atoms with van der Waals surface area (Å²) in [5.41, 5.74) is 0.206. The largest absolute Gasteiger partial charge is 0.345 e. The number of nitriles is 1. The van der Waals surface area contributed by atoms with Crippen molar-refractivity contribution < 1.29 is 9.59 Å². The first-order valence-corrected chi connectivity index (χ1v) is 7.24. The molecule has 1 heterocycles. The maximum Gasteiger partial charge on any atom is 0.224 e. The molecule has 0 radical (unpaired) electrons. The molecule has 0 aromatic carbocycles. The number of nitrogens with zero attached hydrogens (tertiary/aromatic N) is 3. The van der Waals surface area contributed by atoms with E-state index in [1.807, 2.05) is 11.0 Å². The zero-order valence-corrected chi connectivity index (χ0v) is 12.8. The minimum atomic E-state index is -0.00319. The van der Waals surface area contributed by atoms with Crippen molar-refractivity contribution in [3.05, 3.63) is 0 Å². The smallest absolute Gasteiger partial charge is 0.224 e. The highest BCUT2D eigenvalue weighted by Crippen LogP contribution is 2.30. The Balaban J connectivity index is 2.42. The number of likely N-dealkylation sites (tertiary alicyclic amines) is 1. The number of hydrogen-bond acceptors (Lipinski definition) is 3. The molecule has 0 saturated carbocycles. The van der Waals surface area contributed by atoms with Crippen molar-refractivity contribution >= 4 is 11.8 Å². The number of rotatable bonds is 5. The van der Waals surface area contributed by atoms with E-state index < -0.39 is 0 Å². The minimum absolute atomic E-state index is 0.00319. The van der Waals surface area contributed by atoms with E-state index in [-0.39, 0.29) is 17.2 Å². The second kappa shape index (κ2) is 7.28. The topological polar surface area (TPSA) is 64.4 Å². The van der Waals surface area contributed by atoms with Gasteiger partial charge in [0.25, 0.3) is 0 Å². The maximum absolute atomic E-state index is 12.0. The van der Waals surface area contributed by atoms with Gasteiger partial charge < -0.3 is 9.80 Å². The van der Waals surface area contributed by atoms with Crippen molar-refractivity contribution in [1.82, 2.24) is 9.80 Å². The Labute approximate surface area is 121 Å². The van der Waals surface area contributed by atoms with Gasteiger partial charge in [-0.05, 0) is 18.3 Å². The summed E-state index contributed by atoms with van der Waals surface area (Å²) in [6.45, 7) is 6.05. The predicted octanol–water partition coefficient (Wildman–Crippen LogP) is 1.79. The Bertz CT molecular complexity index is 398. The van der Waals surface area contributed by atoms with E-state index in [1.54, 1.807) is 11.9 Å². The van der Waals surface area contributed by atoms with Crippen LogP contribution in [-0.2, 0) is 9.59 Å². The fourth-order valence-corrected chi connectivity index (χ4v) is 2.29. The van der Waals surface area contributed by atoms with Crippen LogP contribution >= 0.6 is 0 Å². The van der Waals surface area contributed by atoms with Crippen molar-refractivity contribution in [2.45, 2.75) is 46.0 Å². The number of carbonyl (C=O) groups is 2. The van der Waals surface area contributed by atoms with Crippen molar-refractivity contribution in [3.8, 4) is 6.07 Å². The van der Waals surface area contributed by atoms with Crippen molar-refractivity contribution in [2.24, 2.45) is 5.41 Å². The van der Waals surface area contributed by atoms with Crippen LogP contribution in [0, 0.1) is 16.7 Å². The Morgan fingerprint density at radius 3 is 2.80 bits per heavy atom. The van der Waals surface area contributed by atoms with Crippen LogP contribution in [0.5, 0.6) is 0 Å². The van der Waals surface area contributed by atoms with Crippen LogP contribution in [0.3, 0.4) is 0 Å². The molecule has 0 bridgehead atoms. The van der Waals surface area contributed by atoms with Gasteiger partial charge in [0.2, 0.25) is 11.8 Å². The van der Waals surface area contributed by atoms with Gasteiger partial charge >= 0.3 is 0 Å². The van der Waals surface area contributed by atoms with E-state index >= 15 is 0 Å². The summed E-state index contributed by atoms with van der Waals surface area (Å²) in [4.78, 5) is 27.3. The fraction of sp³-hybridized carbons (Fsp3) is 0.800. The average Bonchev–Trinajstić information content (AvgIpc) is 2.53. The highest BCUT2D eigenvalue weighted by molar-refractivity contribution is 5.79. The van der Waals surface area contributed by atoms with Crippen molar-refractivity contribution in [1.29, 1.82) is 5.26 Å². The summed E-state index contributed by atoms with van der Waals surface area (Å²) in [5, 5.41) is 8.50. The molecule has 2 amide bonds.